The molecule has 0 atom stereocenters. The Morgan fingerprint density at radius 2 is 1.95 bits per heavy atom. The molecule has 0 saturated carbocycles. The molecule has 111 valence electrons. The van der Waals surface area contributed by atoms with Crippen molar-refractivity contribution in [2.75, 3.05) is 0 Å². The van der Waals surface area contributed by atoms with Gasteiger partial charge in [-0.2, -0.15) is 0 Å². The summed E-state index contributed by atoms with van der Waals surface area (Å²) in [6.45, 7) is 3.55. The van der Waals surface area contributed by atoms with Gasteiger partial charge in [0.1, 0.15) is 0 Å². The number of nitrogens with two attached hydrogens (primary N) is 1. The third kappa shape index (κ3) is 4.77. The fourth-order valence-electron chi connectivity index (χ4n) is 1.55. The first kappa shape index (κ1) is 17.6. The van der Waals surface area contributed by atoms with Crippen LogP contribution in [0.15, 0.2) is 23.8 Å². The molecule has 1 radical (unpaired) electrons. The van der Waals surface area contributed by atoms with E-state index in [1.807, 2.05) is 0 Å². The Bertz CT molecular complexity index is 580. The Hall–Kier alpha value is -1.50. The molecule has 0 saturated heterocycles. The van der Waals surface area contributed by atoms with Crippen LogP contribution in [0.4, 0.5) is 0 Å². The van der Waals surface area contributed by atoms with E-state index < -0.39 is 5.91 Å². The van der Waals surface area contributed by atoms with Gasteiger partial charge in [-0.1, -0.05) is 42.5 Å². The van der Waals surface area contributed by atoms with Crippen LogP contribution in [0.2, 0.25) is 10.0 Å². The van der Waals surface area contributed by atoms with E-state index in [1.165, 1.54) is 18.2 Å². The Labute approximate surface area is 133 Å². The first-order chi connectivity index (χ1) is 9.76. The zero-order chi connectivity index (χ0) is 16.2. The molecule has 0 heterocycles. The van der Waals surface area contributed by atoms with E-state index in [9.17, 15) is 4.79 Å². The van der Waals surface area contributed by atoms with Crippen molar-refractivity contribution in [1.82, 2.24) is 0 Å². The molecular weight excluding hydrogens is 314 g/mol. The normalized spacial score (nSPS) is 11.4. The van der Waals surface area contributed by atoms with Gasteiger partial charge >= 0.3 is 7.48 Å². The van der Waals surface area contributed by atoms with Crippen LogP contribution in [0.25, 0.3) is 0 Å². The summed E-state index contributed by atoms with van der Waals surface area (Å²) in [6, 6.07) is 2.86. The second kappa shape index (κ2) is 7.50. The van der Waals surface area contributed by atoms with Gasteiger partial charge in [-0.15, -0.1) is 0 Å². The average Bonchev–Trinajstić information content (AvgIpc) is 2.39. The first-order valence-corrected chi connectivity index (χ1v) is 6.76. The van der Waals surface area contributed by atoms with Crippen LogP contribution in [0.1, 0.15) is 13.8 Å². The molecule has 4 N–H and O–H groups in total. The summed E-state index contributed by atoms with van der Waals surface area (Å²) in [5.41, 5.74) is 5.89. The maximum atomic E-state index is 11.3. The standard InChI is InChI=1S/C13H14BCl2N2O3/c1-6(2)8(13(18)19)5-11(17)21-12-9(15)3-7(14-20)4-10(12)16/h3-6,17,20H,1-2H3,(H2,18,19)/b8-5-,17-11?. The van der Waals surface area contributed by atoms with E-state index in [0.29, 0.717) is 5.46 Å². The quantitative estimate of drug-likeness (QED) is 0.332. The van der Waals surface area contributed by atoms with Crippen LogP contribution in [0.5, 0.6) is 5.75 Å². The van der Waals surface area contributed by atoms with Crippen LogP contribution in [0, 0.1) is 11.3 Å². The molecule has 8 heteroatoms. The third-order valence-electron chi connectivity index (χ3n) is 2.57. The van der Waals surface area contributed by atoms with E-state index in [-0.39, 0.29) is 33.2 Å². The lowest BCUT2D eigenvalue weighted by Gasteiger charge is -2.11. The monoisotopic (exact) mass is 327 g/mol. The van der Waals surface area contributed by atoms with Crippen molar-refractivity contribution in [3.63, 3.8) is 0 Å². The number of ether oxygens (including phenoxy) is 1. The predicted octanol–water partition coefficient (Wildman–Crippen LogP) is 1.65. The summed E-state index contributed by atoms with van der Waals surface area (Å²) in [7, 11) is 0.844. The molecule has 0 aliphatic heterocycles. The molecule has 0 unspecified atom stereocenters. The molecule has 0 bridgehead atoms. The van der Waals surface area contributed by atoms with Crippen LogP contribution in [-0.4, -0.2) is 24.3 Å². The number of primary amides is 1. The molecule has 0 fully saturated rings. The lowest BCUT2D eigenvalue weighted by Crippen LogP contribution is -2.20. The second-order valence-corrected chi connectivity index (χ2v) is 5.34. The van der Waals surface area contributed by atoms with Crippen molar-refractivity contribution in [2.24, 2.45) is 11.7 Å². The summed E-state index contributed by atoms with van der Waals surface area (Å²) < 4.78 is 5.25. The minimum Gasteiger partial charge on any atom is -0.450 e. The smallest absolute Gasteiger partial charge is 0.326 e. The number of carbonyl (C=O) groups is 1. The number of hydrogen-bond donors (Lipinski definition) is 3. The van der Waals surface area contributed by atoms with E-state index in [0.717, 1.165) is 7.48 Å². The molecule has 0 spiro atoms. The number of benzene rings is 1. The summed E-state index contributed by atoms with van der Waals surface area (Å²) >= 11 is 11.9. The van der Waals surface area contributed by atoms with Crippen molar-refractivity contribution in [1.29, 1.82) is 5.41 Å². The highest BCUT2D eigenvalue weighted by Crippen LogP contribution is 2.31. The predicted molar refractivity (Wildman–Crippen MR) is 84.5 cm³/mol. The largest absolute Gasteiger partial charge is 0.450 e. The molecule has 1 aromatic carbocycles. The van der Waals surface area contributed by atoms with E-state index in [2.05, 4.69) is 0 Å². The van der Waals surface area contributed by atoms with Gasteiger partial charge in [-0.3, -0.25) is 10.2 Å². The molecule has 5 nitrogen and oxygen atoms in total. The highest BCUT2D eigenvalue weighted by molar-refractivity contribution is 6.48. The van der Waals surface area contributed by atoms with E-state index >= 15 is 0 Å². The summed E-state index contributed by atoms with van der Waals surface area (Å²) in [5, 5.41) is 16.9. The lowest BCUT2D eigenvalue weighted by molar-refractivity contribution is -0.115. The van der Waals surface area contributed by atoms with Gasteiger partial charge in [0.15, 0.2) is 5.75 Å². The molecule has 0 aromatic heterocycles. The summed E-state index contributed by atoms with van der Waals surface area (Å²) in [4.78, 5) is 11.3. The molecule has 0 aliphatic rings. The van der Waals surface area contributed by atoms with Gasteiger partial charge in [0, 0.05) is 11.6 Å². The van der Waals surface area contributed by atoms with Crippen LogP contribution < -0.4 is 15.9 Å². The SMILES string of the molecule is CC(C)/C(=C/C(=N)Oc1c(Cl)cc([B]O)cc1Cl)C(N)=O. The van der Waals surface area contributed by atoms with E-state index in [1.54, 1.807) is 13.8 Å². The average molecular weight is 328 g/mol. The number of rotatable bonds is 5. The maximum Gasteiger partial charge on any atom is 0.326 e. The number of halogens is 2. The Balaban J connectivity index is 3.04. The van der Waals surface area contributed by atoms with E-state index in [4.69, 9.17) is 44.1 Å². The maximum absolute atomic E-state index is 11.3. The molecule has 1 aromatic rings. The second-order valence-electron chi connectivity index (χ2n) is 4.53. The number of hydrogen-bond acceptors (Lipinski definition) is 4. The molecule has 1 rings (SSSR count). The van der Waals surface area contributed by atoms with Gasteiger partial charge in [-0.25, -0.2) is 0 Å². The Morgan fingerprint density at radius 3 is 2.33 bits per heavy atom. The minimum absolute atomic E-state index is 0.0674. The Kier molecular flexibility index (Phi) is 6.27. The number of carbonyl (C=O) groups excluding carboxylic acids is 1. The van der Waals surface area contributed by atoms with Crippen LogP contribution >= 0.6 is 23.2 Å². The Morgan fingerprint density at radius 1 is 1.43 bits per heavy atom. The third-order valence-corrected chi connectivity index (χ3v) is 3.14. The van der Waals surface area contributed by atoms with Gasteiger partial charge in [0.05, 0.1) is 10.0 Å². The highest BCUT2D eigenvalue weighted by atomic mass is 35.5. The van der Waals surface area contributed by atoms with Crippen molar-refractivity contribution >= 4 is 48.0 Å². The van der Waals surface area contributed by atoms with Crippen molar-refractivity contribution in [2.45, 2.75) is 13.8 Å². The van der Waals surface area contributed by atoms with Gasteiger partial charge in [0.25, 0.3) is 0 Å². The highest BCUT2D eigenvalue weighted by Gasteiger charge is 2.15. The van der Waals surface area contributed by atoms with Crippen LogP contribution in [-0.2, 0) is 4.79 Å². The molecule has 0 aliphatic carbocycles. The van der Waals surface area contributed by atoms with Crippen molar-refractivity contribution in [3.05, 3.63) is 33.8 Å². The lowest BCUT2D eigenvalue weighted by atomic mass is 9.89. The van der Waals surface area contributed by atoms with Gasteiger partial charge < -0.3 is 15.5 Å². The zero-order valence-electron chi connectivity index (χ0n) is 11.5. The summed E-state index contributed by atoms with van der Waals surface area (Å²) in [6.07, 6.45) is 1.23. The van der Waals surface area contributed by atoms with Crippen molar-refractivity contribution < 1.29 is 14.6 Å². The molecule has 1 amide bonds. The van der Waals surface area contributed by atoms with Crippen molar-refractivity contribution in [3.8, 4) is 5.75 Å². The van der Waals surface area contributed by atoms with Gasteiger partial charge in [-0.05, 0) is 18.1 Å². The van der Waals surface area contributed by atoms with Crippen LogP contribution in [0.3, 0.4) is 0 Å². The fourth-order valence-corrected chi connectivity index (χ4v) is 2.14. The van der Waals surface area contributed by atoms with Gasteiger partial charge in [0.2, 0.25) is 11.8 Å². The number of amides is 1. The fraction of sp³-hybridized carbons (Fsp3) is 0.231. The molecular formula is C13H14BCl2N2O3. The first-order valence-electron chi connectivity index (χ1n) is 6.00. The summed E-state index contributed by atoms with van der Waals surface area (Å²) in [5.74, 6) is -1.02. The number of nitrogens with one attached hydrogen (secondary N) is 1. The molecule has 21 heavy (non-hydrogen) atoms. The topological polar surface area (TPSA) is 96.4 Å². The minimum atomic E-state index is -0.624. The zero-order valence-corrected chi connectivity index (χ0v) is 13.0.